The van der Waals surface area contributed by atoms with Crippen LogP contribution >= 0.6 is 0 Å². The van der Waals surface area contributed by atoms with Crippen molar-refractivity contribution in [3.63, 3.8) is 0 Å². The fourth-order valence-electron chi connectivity index (χ4n) is 4.38. The number of methoxy groups -OCH3 is 1. The minimum Gasteiger partial charge on any atom is -0.433 e. The molecule has 11 nitrogen and oxygen atoms in total. The van der Waals surface area contributed by atoms with Crippen LogP contribution in [-0.4, -0.2) is 77.7 Å². The smallest absolute Gasteiger partial charge is 0.310 e. The van der Waals surface area contributed by atoms with Crippen LogP contribution < -0.4 is 10.6 Å². The van der Waals surface area contributed by atoms with Gasteiger partial charge >= 0.3 is 5.97 Å². The summed E-state index contributed by atoms with van der Waals surface area (Å²) in [4.78, 5) is 63.6. The van der Waals surface area contributed by atoms with Crippen molar-refractivity contribution in [3.8, 4) is 0 Å². The van der Waals surface area contributed by atoms with Crippen molar-refractivity contribution in [2.24, 2.45) is 0 Å². The van der Waals surface area contributed by atoms with E-state index in [-0.39, 0.29) is 25.2 Å². The van der Waals surface area contributed by atoms with E-state index < -0.39 is 48.1 Å². The molecule has 0 aliphatic carbocycles. The summed E-state index contributed by atoms with van der Waals surface area (Å²) in [6.45, 7) is 0.305. The Labute approximate surface area is 190 Å². The van der Waals surface area contributed by atoms with Gasteiger partial charge in [-0.1, -0.05) is 18.2 Å². The SMILES string of the molecule is COC1OC(=O)C[C@@H]1NC(=O)C1CCCN2C(=O)CC[C@H](NC(=O)c3ccccc3)C(=O)N12. The van der Waals surface area contributed by atoms with Gasteiger partial charge in [0.25, 0.3) is 11.8 Å². The van der Waals surface area contributed by atoms with Gasteiger partial charge in [-0.2, -0.15) is 0 Å². The van der Waals surface area contributed by atoms with E-state index in [0.717, 1.165) is 0 Å². The number of hydrazine groups is 1. The average Bonchev–Trinajstić information content (AvgIpc) is 3.14. The second-order valence-corrected chi connectivity index (χ2v) is 8.20. The number of rotatable bonds is 5. The van der Waals surface area contributed by atoms with Crippen molar-refractivity contribution in [2.45, 2.75) is 56.5 Å². The number of hydrogen-bond donors (Lipinski definition) is 2. The lowest BCUT2D eigenvalue weighted by atomic mass is 10.0. The maximum Gasteiger partial charge on any atom is 0.310 e. The fraction of sp³-hybridized carbons (Fsp3) is 0.500. The highest BCUT2D eigenvalue weighted by molar-refractivity contribution is 5.99. The lowest BCUT2D eigenvalue weighted by Gasteiger charge is -2.43. The number of esters is 1. The van der Waals surface area contributed by atoms with Crippen molar-refractivity contribution in [3.05, 3.63) is 35.9 Å². The Morgan fingerprint density at radius 3 is 2.58 bits per heavy atom. The van der Waals surface area contributed by atoms with Crippen LogP contribution in [0.5, 0.6) is 0 Å². The number of fused-ring (bicyclic) bond motifs is 1. The van der Waals surface area contributed by atoms with Gasteiger partial charge in [-0.3, -0.25) is 29.0 Å². The molecule has 4 atom stereocenters. The van der Waals surface area contributed by atoms with Gasteiger partial charge in [0.05, 0.1) is 6.42 Å². The van der Waals surface area contributed by atoms with Crippen LogP contribution in [0.1, 0.15) is 42.5 Å². The Bertz CT molecular complexity index is 953. The molecule has 33 heavy (non-hydrogen) atoms. The van der Waals surface area contributed by atoms with Gasteiger partial charge in [0.2, 0.25) is 18.1 Å². The van der Waals surface area contributed by atoms with E-state index in [1.54, 1.807) is 30.3 Å². The van der Waals surface area contributed by atoms with Crippen molar-refractivity contribution >= 4 is 29.6 Å². The molecule has 2 unspecified atom stereocenters. The summed E-state index contributed by atoms with van der Waals surface area (Å²) in [5.41, 5.74) is 0.391. The molecule has 3 aliphatic rings. The standard InChI is InChI=1S/C22H26N4O7/c1-32-22-15(12-18(28)33-22)24-20(30)16-8-5-11-25-17(27)10-9-14(21(31)26(16)25)23-19(29)13-6-3-2-4-7-13/h2-4,6-7,14-16,22H,5,8-12H2,1H3,(H,23,29)(H,24,30)/t14-,15-,16?,22?/m0/s1. The molecule has 2 N–H and O–H groups in total. The molecule has 4 rings (SSSR count). The van der Waals surface area contributed by atoms with Gasteiger partial charge in [0.15, 0.2) is 0 Å². The molecule has 1 aromatic rings. The normalized spacial score (nSPS) is 27.5. The van der Waals surface area contributed by atoms with Crippen LogP contribution in [0.2, 0.25) is 0 Å². The summed E-state index contributed by atoms with van der Waals surface area (Å²) in [5.74, 6) is -2.25. The molecule has 0 radical (unpaired) electrons. The summed E-state index contributed by atoms with van der Waals surface area (Å²) in [7, 11) is 1.36. The summed E-state index contributed by atoms with van der Waals surface area (Å²) < 4.78 is 10.1. The number of benzene rings is 1. The first kappa shape index (κ1) is 22.7. The van der Waals surface area contributed by atoms with Crippen LogP contribution in [0, 0.1) is 0 Å². The van der Waals surface area contributed by atoms with Crippen molar-refractivity contribution < 1.29 is 33.4 Å². The highest BCUT2D eigenvalue weighted by atomic mass is 16.7. The Morgan fingerprint density at radius 1 is 1.09 bits per heavy atom. The molecule has 1 aromatic carbocycles. The molecule has 0 aromatic heterocycles. The second kappa shape index (κ2) is 9.57. The monoisotopic (exact) mass is 458 g/mol. The summed E-state index contributed by atoms with van der Waals surface area (Å²) in [6.07, 6.45) is 0.0907. The van der Waals surface area contributed by atoms with Gasteiger partial charge in [-0.05, 0) is 31.4 Å². The zero-order valence-corrected chi connectivity index (χ0v) is 18.2. The minimum absolute atomic E-state index is 0.0523. The summed E-state index contributed by atoms with van der Waals surface area (Å²) in [5, 5.41) is 7.90. The van der Waals surface area contributed by atoms with Crippen molar-refractivity contribution in [1.82, 2.24) is 20.7 Å². The number of ether oxygens (including phenoxy) is 2. The number of carbonyl (C=O) groups is 5. The molecule has 3 fully saturated rings. The van der Waals surface area contributed by atoms with Gasteiger partial charge in [0, 0.05) is 25.6 Å². The van der Waals surface area contributed by atoms with E-state index >= 15 is 0 Å². The Balaban J connectivity index is 1.53. The number of nitrogens with zero attached hydrogens (tertiary/aromatic N) is 2. The molecular weight excluding hydrogens is 432 g/mol. The van der Waals surface area contributed by atoms with Gasteiger partial charge < -0.3 is 20.1 Å². The van der Waals surface area contributed by atoms with E-state index in [0.29, 0.717) is 24.9 Å². The molecular formula is C22H26N4O7. The molecule has 176 valence electrons. The number of nitrogens with one attached hydrogen (secondary N) is 2. The van der Waals surface area contributed by atoms with Crippen LogP contribution in [-0.2, 0) is 28.7 Å². The fourth-order valence-corrected chi connectivity index (χ4v) is 4.38. The van der Waals surface area contributed by atoms with E-state index in [1.807, 2.05) is 0 Å². The third kappa shape index (κ3) is 4.68. The quantitative estimate of drug-likeness (QED) is 0.580. The summed E-state index contributed by atoms with van der Waals surface area (Å²) in [6, 6.07) is 5.84. The van der Waals surface area contributed by atoms with Crippen LogP contribution in [0.25, 0.3) is 0 Å². The maximum absolute atomic E-state index is 13.5. The van der Waals surface area contributed by atoms with E-state index in [9.17, 15) is 24.0 Å². The van der Waals surface area contributed by atoms with Crippen LogP contribution in [0.4, 0.5) is 0 Å². The van der Waals surface area contributed by atoms with Gasteiger partial charge in [0.1, 0.15) is 18.1 Å². The Morgan fingerprint density at radius 2 is 1.85 bits per heavy atom. The lowest BCUT2D eigenvalue weighted by molar-refractivity contribution is -0.177. The molecule has 0 spiro atoms. The van der Waals surface area contributed by atoms with Crippen LogP contribution in [0.15, 0.2) is 30.3 Å². The predicted octanol–water partition coefficient (Wildman–Crippen LogP) is -0.282. The molecule has 11 heteroatoms. The molecule has 4 amide bonds. The number of carbonyl (C=O) groups excluding carboxylic acids is 5. The first-order valence-corrected chi connectivity index (χ1v) is 10.9. The third-order valence-electron chi connectivity index (χ3n) is 6.03. The van der Waals surface area contributed by atoms with E-state index in [4.69, 9.17) is 9.47 Å². The Hall–Kier alpha value is -3.47. The molecule has 0 bridgehead atoms. The highest BCUT2D eigenvalue weighted by Crippen LogP contribution is 2.26. The molecule has 3 saturated heterocycles. The van der Waals surface area contributed by atoms with Crippen molar-refractivity contribution in [1.29, 1.82) is 0 Å². The zero-order valence-electron chi connectivity index (χ0n) is 18.2. The lowest BCUT2D eigenvalue weighted by Crippen LogP contribution is -2.64. The van der Waals surface area contributed by atoms with Crippen molar-refractivity contribution in [2.75, 3.05) is 13.7 Å². The van der Waals surface area contributed by atoms with E-state index in [1.165, 1.54) is 17.1 Å². The maximum atomic E-state index is 13.5. The summed E-state index contributed by atoms with van der Waals surface area (Å²) >= 11 is 0. The first-order valence-electron chi connectivity index (χ1n) is 10.9. The van der Waals surface area contributed by atoms with E-state index in [2.05, 4.69) is 10.6 Å². The molecule has 0 saturated carbocycles. The predicted molar refractivity (Wildman–Crippen MR) is 112 cm³/mol. The Kier molecular flexibility index (Phi) is 6.59. The zero-order chi connectivity index (χ0) is 23.5. The largest absolute Gasteiger partial charge is 0.433 e. The second-order valence-electron chi connectivity index (χ2n) is 8.20. The van der Waals surface area contributed by atoms with Crippen LogP contribution in [0.3, 0.4) is 0 Å². The molecule has 3 heterocycles. The topological polar surface area (TPSA) is 134 Å². The molecule has 3 aliphatic heterocycles. The number of hydrogen-bond acceptors (Lipinski definition) is 7. The highest BCUT2D eigenvalue weighted by Gasteiger charge is 2.46. The number of amides is 4. The third-order valence-corrected chi connectivity index (χ3v) is 6.03. The van der Waals surface area contributed by atoms with Gasteiger partial charge in [-0.15, -0.1) is 0 Å². The average molecular weight is 458 g/mol. The number of cyclic esters (lactones) is 1. The van der Waals surface area contributed by atoms with Gasteiger partial charge in [-0.25, -0.2) is 5.01 Å². The first-order chi connectivity index (χ1) is 15.9. The minimum atomic E-state index is -0.961.